The van der Waals surface area contributed by atoms with Crippen LogP contribution in [0.3, 0.4) is 0 Å². The van der Waals surface area contributed by atoms with E-state index in [9.17, 15) is 4.79 Å². The van der Waals surface area contributed by atoms with Crippen LogP contribution in [-0.4, -0.2) is 47.6 Å². The average molecular weight is 279 g/mol. The highest BCUT2D eigenvalue weighted by Crippen LogP contribution is 2.15. The number of aryl methyl sites for hydroxylation is 1. The van der Waals surface area contributed by atoms with Gasteiger partial charge in [0.05, 0.1) is 11.3 Å². The van der Waals surface area contributed by atoms with E-state index in [1.54, 1.807) is 19.1 Å². The molecule has 1 aromatic heterocycles. The van der Waals surface area contributed by atoms with Gasteiger partial charge in [-0.1, -0.05) is 13.8 Å². The number of anilines is 1. The maximum Gasteiger partial charge on any atom is 0.337 e. The topological polar surface area (TPSA) is 65.5 Å². The van der Waals surface area contributed by atoms with E-state index in [0.29, 0.717) is 17.7 Å². The predicted octanol–water partition coefficient (Wildman–Crippen LogP) is 2.48. The van der Waals surface area contributed by atoms with Crippen molar-refractivity contribution >= 4 is 11.8 Å². The van der Waals surface area contributed by atoms with Gasteiger partial charge in [0, 0.05) is 12.6 Å². The van der Waals surface area contributed by atoms with Crippen LogP contribution in [0.4, 0.5) is 5.82 Å². The largest absolute Gasteiger partial charge is 0.478 e. The molecule has 1 unspecified atom stereocenters. The van der Waals surface area contributed by atoms with Crippen molar-refractivity contribution in [2.45, 2.75) is 33.2 Å². The zero-order valence-electron chi connectivity index (χ0n) is 13.0. The van der Waals surface area contributed by atoms with Crippen molar-refractivity contribution in [3.63, 3.8) is 0 Å². The molecular formula is C15H25N3O2. The molecule has 0 radical (unpaired) electrons. The zero-order valence-corrected chi connectivity index (χ0v) is 13.0. The molecule has 0 saturated carbocycles. The van der Waals surface area contributed by atoms with E-state index in [0.717, 1.165) is 18.8 Å². The second-order valence-corrected chi connectivity index (χ2v) is 5.87. The Hall–Kier alpha value is -1.62. The molecule has 2 N–H and O–H groups in total. The summed E-state index contributed by atoms with van der Waals surface area (Å²) in [6.45, 7) is 7.02. The van der Waals surface area contributed by atoms with E-state index < -0.39 is 5.97 Å². The summed E-state index contributed by atoms with van der Waals surface area (Å²) in [5, 5.41) is 12.4. The van der Waals surface area contributed by atoms with Gasteiger partial charge in [0.2, 0.25) is 0 Å². The van der Waals surface area contributed by atoms with Crippen molar-refractivity contribution in [1.82, 2.24) is 9.88 Å². The third kappa shape index (κ3) is 5.17. The molecule has 0 bridgehead atoms. The summed E-state index contributed by atoms with van der Waals surface area (Å²) in [6, 6.07) is 3.64. The van der Waals surface area contributed by atoms with Crippen LogP contribution in [0.25, 0.3) is 0 Å². The van der Waals surface area contributed by atoms with Gasteiger partial charge in [-0.05, 0) is 45.5 Å². The van der Waals surface area contributed by atoms with Crippen molar-refractivity contribution < 1.29 is 9.90 Å². The Morgan fingerprint density at radius 2 is 2.05 bits per heavy atom. The average Bonchev–Trinajstić information content (AvgIpc) is 2.26. The minimum atomic E-state index is -0.937. The molecule has 5 heteroatoms. The predicted molar refractivity (Wildman–Crippen MR) is 81.4 cm³/mol. The van der Waals surface area contributed by atoms with E-state index in [2.05, 4.69) is 29.0 Å². The summed E-state index contributed by atoms with van der Waals surface area (Å²) in [5.74, 6) is 0.389. The van der Waals surface area contributed by atoms with E-state index in [1.807, 2.05) is 14.1 Å². The van der Waals surface area contributed by atoms with Crippen LogP contribution in [0.1, 0.15) is 36.3 Å². The van der Waals surface area contributed by atoms with Crippen LogP contribution in [0.2, 0.25) is 0 Å². The number of hydrogen-bond donors (Lipinski definition) is 2. The minimum absolute atomic E-state index is 0.253. The first kappa shape index (κ1) is 16.4. The molecule has 1 atom stereocenters. The molecule has 0 amide bonds. The van der Waals surface area contributed by atoms with Crippen LogP contribution >= 0.6 is 0 Å². The van der Waals surface area contributed by atoms with Crippen molar-refractivity contribution in [3.05, 3.63) is 23.4 Å². The molecule has 1 rings (SSSR count). The number of aromatic nitrogens is 1. The van der Waals surface area contributed by atoms with Gasteiger partial charge in [0.15, 0.2) is 0 Å². The van der Waals surface area contributed by atoms with Crippen LogP contribution < -0.4 is 5.32 Å². The van der Waals surface area contributed by atoms with Gasteiger partial charge in [0.1, 0.15) is 5.82 Å². The molecule has 20 heavy (non-hydrogen) atoms. The van der Waals surface area contributed by atoms with Gasteiger partial charge in [-0.15, -0.1) is 0 Å². The molecule has 0 aliphatic rings. The third-order valence-electron chi connectivity index (χ3n) is 3.01. The number of hydrogen-bond acceptors (Lipinski definition) is 4. The molecule has 5 nitrogen and oxygen atoms in total. The van der Waals surface area contributed by atoms with Gasteiger partial charge >= 0.3 is 5.97 Å². The molecule has 0 fully saturated rings. The lowest BCUT2D eigenvalue weighted by Gasteiger charge is -2.24. The number of nitrogens with one attached hydrogen (secondary N) is 1. The zero-order chi connectivity index (χ0) is 15.3. The summed E-state index contributed by atoms with van der Waals surface area (Å²) in [6.07, 6.45) is 1.04. The van der Waals surface area contributed by atoms with E-state index in [-0.39, 0.29) is 5.56 Å². The van der Waals surface area contributed by atoms with E-state index >= 15 is 0 Å². The Morgan fingerprint density at radius 3 is 2.50 bits per heavy atom. The second-order valence-electron chi connectivity index (χ2n) is 5.87. The lowest BCUT2D eigenvalue weighted by Crippen LogP contribution is -2.33. The van der Waals surface area contributed by atoms with Crippen molar-refractivity contribution in [1.29, 1.82) is 0 Å². The molecule has 0 saturated heterocycles. The number of nitrogens with zero attached hydrogens (tertiary/aromatic N) is 2. The smallest absolute Gasteiger partial charge is 0.337 e. The summed E-state index contributed by atoms with van der Waals surface area (Å²) in [7, 11) is 4.09. The fourth-order valence-electron chi connectivity index (χ4n) is 2.27. The quantitative estimate of drug-likeness (QED) is 0.802. The first-order valence-corrected chi connectivity index (χ1v) is 6.91. The Bertz CT molecular complexity index is 448. The number of carbonyl (C=O) groups is 1. The summed E-state index contributed by atoms with van der Waals surface area (Å²) >= 11 is 0. The number of likely N-dealkylation sites (N-methyl/N-ethyl adjacent to an activating group) is 1. The van der Waals surface area contributed by atoms with Gasteiger partial charge in [-0.25, -0.2) is 9.78 Å². The first-order chi connectivity index (χ1) is 9.29. The maximum atomic E-state index is 11.0. The lowest BCUT2D eigenvalue weighted by atomic mass is 10.0. The third-order valence-corrected chi connectivity index (χ3v) is 3.01. The highest BCUT2D eigenvalue weighted by atomic mass is 16.4. The molecule has 112 valence electrons. The van der Waals surface area contributed by atoms with Gasteiger partial charge < -0.3 is 15.3 Å². The molecule has 0 aromatic carbocycles. The monoisotopic (exact) mass is 279 g/mol. The number of aromatic carboxylic acids is 1. The minimum Gasteiger partial charge on any atom is -0.478 e. The Labute approximate surface area is 121 Å². The van der Waals surface area contributed by atoms with Gasteiger partial charge in [-0.3, -0.25) is 0 Å². The normalized spacial score (nSPS) is 12.8. The van der Waals surface area contributed by atoms with Crippen LogP contribution in [0, 0.1) is 12.8 Å². The molecule has 1 aromatic rings. The van der Waals surface area contributed by atoms with Gasteiger partial charge in [-0.2, -0.15) is 0 Å². The number of pyridine rings is 1. The number of carboxylic acid groups (broad SMARTS) is 1. The summed E-state index contributed by atoms with van der Waals surface area (Å²) in [4.78, 5) is 17.5. The van der Waals surface area contributed by atoms with Crippen molar-refractivity contribution in [3.8, 4) is 0 Å². The summed E-state index contributed by atoms with van der Waals surface area (Å²) < 4.78 is 0. The fraction of sp³-hybridized carbons (Fsp3) is 0.600. The van der Waals surface area contributed by atoms with Crippen LogP contribution in [-0.2, 0) is 0 Å². The molecule has 1 heterocycles. The number of carboxylic acids is 1. The molecule has 0 spiro atoms. The summed E-state index contributed by atoms with van der Waals surface area (Å²) in [5.41, 5.74) is 0.791. The Morgan fingerprint density at radius 1 is 1.40 bits per heavy atom. The first-order valence-electron chi connectivity index (χ1n) is 6.91. The molecule has 0 aliphatic carbocycles. The second kappa shape index (κ2) is 7.24. The van der Waals surface area contributed by atoms with E-state index in [1.165, 1.54) is 0 Å². The van der Waals surface area contributed by atoms with Crippen LogP contribution in [0.15, 0.2) is 12.1 Å². The fourth-order valence-corrected chi connectivity index (χ4v) is 2.27. The van der Waals surface area contributed by atoms with Crippen molar-refractivity contribution in [2.75, 3.05) is 26.0 Å². The van der Waals surface area contributed by atoms with Crippen LogP contribution in [0.5, 0.6) is 0 Å². The standard InChI is InChI=1S/C15H25N3O2/c1-10(2)8-12(9-18(4)5)17-14-7-6-13(15(19)20)11(3)16-14/h6-7,10,12H,8-9H2,1-5H3,(H,16,17)(H,19,20). The highest BCUT2D eigenvalue weighted by Gasteiger charge is 2.14. The Balaban J connectivity index is 2.82. The highest BCUT2D eigenvalue weighted by molar-refractivity contribution is 5.89. The van der Waals surface area contributed by atoms with Gasteiger partial charge in [0.25, 0.3) is 0 Å². The Kier molecular flexibility index (Phi) is 5.95. The molecule has 0 aliphatic heterocycles. The number of rotatable bonds is 7. The maximum absolute atomic E-state index is 11.0. The molecular weight excluding hydrogens is 254 g/mol. The lowest BCUT2D eigenvalue weighted by molar-refractivity contribution is 0.0695. The SMILES string of the molecule is Cc1nc(NC(CC(C)C)CN(C)C)ccc1C(=O)O. The van der Waals surface area contributed by atoms with E-state index in [4.69, 9.17) is 5.11 Å². The van der Waals surface area contributed by atoms with Crippen molar-refractivity contribution in [2.24, 2.45) is 5.92 Å².